The molecule has 1 aliphatic rings. The van der Waals surface area contributed by atoms with E-state index in [4.69, 9.17) is 10.5 Å². The number of rotatable bonds is 5. The van der Waals surface area contributed by atoms with E-state index in [1.807, 2.05) is 0 Å². The largest absolute Gasteiger partial charge is 0.379 e. The third kappa shape index (κ3) is 3.58. The van der Waals surface area contributed by atoms with Crippen LogP contribution in [0, 0.1) is 5.41 Å². The SMILES string of the molecule is CC(C)OCCC1(CN)CCCCC1. The van der Waals surface area contributed by atoms with E-state index in [-0.39, 0.29) is 0 Å². The molecule has 1 fully saturated rings. The lowest BCUT2D eigenvalue weighted by Crippen LogP contribution is -2.34. The van der Waals surface area contributed by atoms with Crippen molar-refractivity contribution in [1.29, 1.82) is 0 Å². The van der Waals surface area contributed by atoms with Crippen LogP contribution in [0.1, 0.15) is 52.4 Å². The van der Waals surface area contributed by atoms with Gasteiger partial charge in [-0.1, -0.05) is 19.3 Å². The highest BCUT2D eigenvalue weighted by Crippen LogP contribution is 2.38. The van der Waals surface area contributed by atoms with Gasteiger partial charge < -0.3 is 10.5 Å². The predicted molar refractivity (Wildman–Crippen MR) is 60.3 cm³/mol. The van der Waals surface area contributed by atoms with Crippen LogP contribution in [-0.2, 0) is 4.74 Å². The molecular weight excluding hydrogens is 174 g/mol. The topological polar surface area (TPSA) is 35.2 Å². The van der Waals surface area contributed by atoms with Crippen molar-refractivity contribution in [3.8, 4) is 0 Å². The van der Waals surface area contributed by atoms with E-state index in [1.165, 1.54) is 32.1 Å². The summed E-state index contributed by atoms with van der Waals surface area (Å²) >= 11 is 0. The molecule has 0 aromatic carbocycles. The lowest BCUT2D eigenvalue weighted by Gasteiger charge is -2.36. The third-order valence-corrected chi connectivity index (χ3v) is 3.43. The number of hydrogen-bond donors (Lipinski definition) is 1. The van der Waals surface area contributed by atoms with Crippen molar-refractivity contribution in [3.05, 3.63) is 0 Å². The van der Waals surface area contributed by atoms with Crippen LogP contribution < -0.4 is 5.73 Å². The summed E-state index contributed by atoms with van der Waals surface area (Å²) in [7, 11) is 0. The van der Waals surface area contributed by atoms with Gasteiger partial charge in [0.2, 0.25) is 0 Å². The van der Waals surface area contributed by atoms with Crippen LogP contribution >= 0.6 is 0 Å². The van der Waals surface area contributed by atoms with Crippen LogP contribution in [0.2, 0.25) is 0 Å². The molecule has 2 N–H and O–H groups in total. The van der Waals surface area contributed by atoms with E-state index >= 15 is 0 Å². The molecule has 0 spiro atoms. The molecule has 0 bridgehead atoms. The van der Waals surface area contributed by atoms with Crippen LogP contribution in [-0.4, -0.2) is 19.3 Å². The van der Waals surface area contributed by atoms with Crippen LogP contribution in [0.25, 0.3) is 0 Å². The van der Waals surface area contributed by atoms with Gasteiger partial charge in [0.25, 0.3) is 0 Å². The molecule has 1 saturated carbocycles. The molecule has 0 amide bonds. The molecule has 0 heterocycles. The van der Waals surface area contributed by atoms with Gasteiger partial charge in [-0.25, -0.2) is 0 Å². The highest BCUT2D eigenvalue weighted by Gasteiger charge is 2.30. The van der Waals surface area contributed by atoms with Crippen molar-refractivity contribution in [2.24, 2.45) is 11.1 Å². The first-order chi connectivity index (χ1) is 6.68. The summed E-state index contributed by atoms with van der Waals surface area (Å²) in [5, 5.41) is 0. The zero-order valence-electron chi connectivity index (χ0n) is 9.72. The number of ether oxygens (including phenoxy) is 1. The molecule has 0 aromatic heterocycles. The van der Waals surface area contributed by atoms with Gasteiger partial charge in [-0.2, -0.15) is 0 Å². The van der Waals surface area contributed by atoms with E-state index in [2.05, 4.69) is 13.8 Å². The van der Waals surface area contributed by atoms with Gasteiger partial charge in [0, 0.05) is 6.61 Å². The van der Waals surface area contributed by atoms with E-state index in [9.17, 15) is 0 Å². The van der Waals surface area contributed by atoms with Crippen molar-refractivity contribution in [3.63, 3.8) is 0 Å². The maximum atomic E-state index is 5.90. The van der Waals surface area contributed by atoms with Crippen LogP contribution in [0.3, 0.4) is 0 Å². The average Bonchev–Trinajstić information content (AvgIpc) is 2.19. The smallest absolute Gasteiger partial charge is 0.0518 e. The zero-order valence-corrected chi connectivity index (χ0v) is 9.72. The summed E-state index contributed by atoms with van der Waals surface area (Å²) in [4.78, 5) is 0. The first kappa shape index (κ1) is 12.0. The minimum atomic E-state index is 0.355. The molecule has 0 unspecified atom stereocenters. The zero-order chi connectivity index (χ0) is 10.4. The highest BCUT2D eigenvalue weighted by molar-refractivity contribution is 4.83. The Kier molecular flexibility index (Phi) is 4.90. The van der Waals surface area contributed by atoms with Crippen molar-refractivity contribution >= 4 is 0 Å². The second-order valence-electron chi connectivity index (χ2n) is 4.93. The van der Waals surface area contributed by atoms with Gasteiger partial charge in [-0.05, 0) is 45.1 Å². The first-order valence-electron chi connectivity index (χ1n) is 6.00. The second-order valence-corrected chi connectivity index (χ2v) is 4.93. The van der Waals surface area contributed by atoms with E-state index in [0.29, 0.717) is 11.5 Å². The first-order valence-corrected chi connectivity index (χ1v) is 6.00. The van der Waals surface area contributed by atoms with Crippen LogP contribution in [0.4, 0.5) is 0 Å². The summed E-state index contributed by atoms with van der Waals surface area (Å²) in [5.41, 5.74) is 6.31. The van der Waals surface area contributed by atoms with Crippen LogP contribution in [0.15, 0.2) is 0 Å². The molecule has 2 nitrogen and oxygen atoms in total. The molecule has 0 saturated heterocycles. The molecule has 2 heteroatoms. The Morgan fingerprint density at radius 2 is 1.86 bits per heavy atom. The second kappa shape index (κ2) is 5.72. The molecular formula is C12H25NO. The molecule has 1 rings (SSSR count). The molecule has 1 aliphatic carbocycles. The van der Waals surface area contributed by atoms with E-state index in [0.717, 1.165) is 19.6 Å². The summed E-state index contributed by atoms with van der Waals surface area (Å²) in [5.74, 6) is 0. The Bertz CT molecular complexity index is 150. The minimum Gasteiger partial charge on any atom is -0.379 e. The average molecular weight is 199 g/mol. The molecule has 0 atom stereocenters. The van der Waals surface area contributed by atoms with Crippen molar-refractivity contribution < 1.29 is 4.74 Å². The Morgan fingerprint density at radius 1 is 1.21 bits per heavy atom. The van der Waals surface area contributed by atoms with Gasteiger partial charge in [0.1, 0.15) is 0 Å². The van der Waals surface area contributed by atoms with Gasteiger partial charge in [0.05, 0.1) is 6.10 Å². The molecule has 0 radical (unpaired) electrons. The quantitative estimate of drug-likeness (QED) is 0.739. The van der Waals surface area contributed by atoms with Crippen molar-refractivity contribution in [1.82, 2.24) is 0 Å². The van der Waals surface area contributed by atoms with E-state index in [1.54, 1.807) is 0 Å². The van der Waals surface area contributed by atoms with Crippen molar-refractivity contribution in [2.45, 2.75) is 58.5 Å². The van der Waals surface area contributed by atoms with Crippen molar-refractivity contribution in [2.75, 3.05) is 13.2 Å². The lowest BCUT2D eigenvalue weighted by molar-refractivity contribution is 0.0417. The molecule has 84 valence electrons. The van der Waals surface area contributed by atoms with Gasteiger partial charge in [-0.15, -0.1) is 0 Å². The standard InChI is InChI=1S/C12H25NO/c1-11(2)14-9-8-12(10-13)6-4-3-5-7-12/h11H,3-10,13H2,1-2H3. The van der Waals surface area contributed by atoms with E-state index < -0.39 is 0 Å². The summed E-state index contributed by atoms with van der Waals surface area (Å²) in [6.07, 6.45) is 8.25. The third-order valence-electron chi connectivity index (χ3n) is 3.43. The van der Waals surface area contributed by atoms with Gasteiger partial charge in [-0.3, -0.25) is 0 Å². The number of hydrogen-bond acceptors (Lipinski definition) is 2. The normalized spacial score (nSPS) is 21.4. The van der Waals surface area contributed by atoms with Crippen LogP contribution in [0.5, 0.6) is 0 Å². The van der Waals surface area contributed by atoms with Gasteiger partial charge >= 0.3 is 0 Å². The Hall–Kier alpha value is -0.0800. The predicted octanol–water partition coefficient (Wildman–Crippen LogP) is 2.71. The fraction of sp³-hybridized carbons (Fsp3) is 1.00. The summed E-state index contributed by atoms with van der Waals surface area (Å²) in [6.45, 7) is 5.91. The fourth-order valence-electron chi connectivity index (χ4n) is 2.37. The fourth-order valence-corrected chi connectivity index (χ4v) is 2.37. The number of nitrogens with two attached hydrogens (primary N) is 1. The minimum absolute atomic E-state index is 0.355. The summed E-state index contributed by atoms with van der Waals surface area (Å²) < 4.78 is 5.62. The Morgan fingerprint density at radius 3 is 2.36 bits per heavy atom. The molecule has 0 aromatic rings. The summed E-state index contributed by atoms with van der Waals surface area (Å²) in [6, 6.07) is 0. The lowest BCUT2D eigenvalue weighted by atomic mass is 9.72. The maximum absolute atomic E-state index is 5.90. The molecule has 0 aliphatic heterocycles. The van der Waals surface area contributed by atoms with Gasteiger partial charge in [0.15, 0.2) is 0 Å². The Balaban J connectivity index is 2.29. The molecule has 14 heavy (non-hydrogen) atoms. The maximum Gasteiger partial charge on any atom is 0.0518 e. The monoisotopic (exact) mass is 199 g/mol. The highest BCUT2D eigenvalue weighted by atomic mass is 16.5. The Labute approximate surface area is 88.2 Å².